The second-order valence-electron chi connectivity index (χ2n) is 8.05. The van der Waals surface area contributed by atoms with Crippen molar-refractivity contribution in [2.24, 2.45) is 5.10 Å². The van der Waals surface area contributed by atoms with Gasteiger partial charge < -0.3 is 9.80 Å². The van der Waals surface area contributed by atoms with Gasteiger partial charge in [-0.15, -0.1) is 0 Å². The minimum absolute atomic E-state index is 0.00343. The van der Waals surface area contributed by atoms with Gasteiger partial charge in [0.15, 0.2) is 9.84 Å². The van der Waals surface area contributed by atoms with Gasteiger partial charge in [-0.3, -0.25) is 14.4 Å². The first-order valence-corrected chi connectivity index (χ1v) is 12.5. The molecule has 0 spiro atoms. The maximum absolute atomic E-state index is 14.0. The predicted octanol–water partition coefficient (Wildman–Crippen LogP) is 0.929. The van der Waals surface area contributed by atoms with Crippen LogP contribution in [-0.4, -0.2) is 90.4 Å². The van der Waals surface area contributed by atoms with Crippen LogP contribution in [0.2, 0.25) is 5.02 Å². The van der Waals surface area contributed by atoms with Crippen molar-refractivity contribution in [3.63, 3.8) is 0 Å². The normalized spacial score (nSPS) is 23.3. The average Bonchev–Trinajstić information content (AvgIpc) is 3.14. The fraction of sp³-hybridized carbons (Fsp3) is 0.500. The Morgan fingerprint density at radius 1 is 1.06 bits per heavy atom. The molecule has 1 aromatic carbocycles. The minimum Gasteiger partial charge on any atom is -0.335 e. The molecular weight excluding hydrogens is 463 g/mol. The van der Waals surface area contributed by atoms with E-state index >= 15 is 0 Å². The molecule has 9 nitrogen and oxygen atoms in total. The first kappa shape index (κ1) is 22.7. The number of rotatable bonds is 3. The number of hydrazone groups is 1. The zero-order valence-electron chi connectivity index (χ0n) is 17.2. The van der Waals surface area contributed by atoms with E-state index in [0.29, 0.717) is 6.42 Å². The minimum atomic E-state index is -3.20. The summed E-state index contributed by atoms with van der Waals surface area (Å²) in [6, 6.07) is 3.24. The topological polar surface area (TPSA) is 107 Å². The van der Waals surface area contributed by atoms with E-state index in [9.17, 15) is 27.2 Å². The number of nitrogens with zero attached hydrogens (tertiary/aromatic N) is 4. The molecule has 0 aromatic heterocycles. The molecule has 12 heteroatoms. The number of carbonyl (C=O) groups is 3. The Bertz CT molecular complexity index is 1100. The lowest BCUT2D eigenvalue weighted by Gasteiger charge is -2.36. The average molecular weight is 485 g/mol. The van der Waals surface area contributed by atoms with E-state index < -0.39 is 27.6 Å². The van der Waals surface area contributed by atoms with E-state index in [1.807, 2.05) is 0 Å². The van der Waals surface area contributed by atoms with Crippen LogP contribution in [0, 0.1) is 5.82 Å². The summed E-state index contributed by atoms with van der Waals surface area (Å²) in [7, 11) is -3.20. The van der Waals surface area contributed by atoms with Gasteiger partial charge in [0.2, 0.25) is 5.91 Å². The van der Waals surface area contributed by atoms with Crippen molar-refractivity contribution in [2.75, 3.05) is 37.7 Å². The maximum Gasteiger partial charge on any atom is 0.270 e. The highest BCUT2D eigenvalue weighted by Gasteiger charge is 2.38. The lowest BCUT2D eigenvalue weighted by atomic mass is 10.1. The smallest absolute Gasteiger partial charge is 0.270 e. The monoisotopic (exact) mass is 484 g/mol. The Hall–Kier alpha value is -2.53. The SMILES string of the molecule is O=C(C1=NN(C2CCS(=O)(=O)C2)C(=O)CC1)N1CCN(C(=O)c2cc(Cl)ccc2F)CC1. The van der Waals surface area contributed by atoms with Gasteiger partial charge in [-0.05, 0) is 24.6 Å². The van der Waals surface area contributed by atoms with Crippen molar-refractivity contribution in [1.82, 2.24) is 14.8 Å². The lowest BCUT2D eigenvalue weighted by Crippen LogP contribution is -2.53. The highest BCUT2D eigenvalue weighted by atomic mass is 35.5. The number of sulfone groups is 1. The molecule has 4 rings (SSSR count). The third kappa shape index (κ3) is 4.63. The Morgan fingerprint density at radius 3 is 2.34 bits per heavy atom. The number of carbonyl (C=O) groups excluding carboxylic acids is 3. The van der Waals surface area contributed by atoms with Crippen LogP contribution in [0.3, 0.4) is 0 Å². The third-order valence-corrected chi connectivity index (χ3v) is 7.86. The molecule has 2 saturated heterocycles. The molecule has 1 aromatic rings. The van der Waals surface area contributed by atoms with Crippen LogP contribution >= 0.6 is 11.6 Å². The van der Waals surface area contributed by atoms with Crippen LogP contribution in [0.4, 0.5) is 4.39 Å². The standard InChI is InChI=1S/C20H22ClFN4O5S/c21-13-1-2-16(22)15(11-13)19(28)24-6-8-25(9-7-24)20(29)17-3-4-18(27)26(23-17)14-5-10-32(30,31)12-14/h1-2,11,14H,3-10,12H2. The summed E-state index contributed by atoms with van der Waals surface area (Å²) in [5, 5.41) is 5.62. The van der Waals surface area contributed by atoms with Crippen LogP contribution in [0.1, 0.15) is 29.6 Å². The van der Waals surface area contributed by atoms with Crippen LogP contribution < -0.4 is 0 Å². The summed E-state index contributed by atoms with van der Waals surface area (Å²) >= 11 is 5.87. The van der Waals surface area contributed by atoms with Gasteiger partial charge >= 0.3 is 0 Å². The quantitative estimate of drug-likeness (QED) is 0.634. The van der Waals surface area contributed by atoms with Crippen molar-refractivity contribution in [3.05, 3.63) is 34.6 Å². The van der Waals surface area contributed by atoms with Crippen molar-refractivity contribution < 1.29 is 27.2 Å². The Kier molecular flexibility index (Phi) is 6.22. The van der Waals surface area contributed by atoms with Crippen LogP contribution in [-0.2, 0) is 19.4 Å². The number of halogens is 2. The first-order chi connectivity index (χ1) is 15.1. The molecule has 0 radical (unpaired) electrons. The van der Waals surface area contributed by atoms with Crippen molar-refractivity contribution in [2.45, 2.75) is 25.3 Å². The maximum atomic E-state index is 14.0. The van der Waals surface area contributed by atoms with Crippen LogP contribution in [0.5, 0.6) is 0 Å². The molecule has 3 heterocycles. The largest absolute Gasteiger partial charge is 0.335 e. The Labute approximate surface area is 189 Å². The highest BCUT2D eigenvalue weighted by Crippen LogP contribution is 2.23. The molecule has 0 bridgehead atoms. The summed E-state index contributed by atoms with van der Waals surface area (Å²) in [6.07, 6.45) is 0.577. The van der Waals surface area contributed by atoms with E-state index in [0.717, 1.165) is 11.1 Å². The number of hydrogen-bond donors (Lipinski definition) is 0. The van der Waals surface area contributed by atoms with Crippen molar-refractivity contribution in [1.29, 1.82) is 0 Å². The molecule has 2 fully saturated rings. The summed E-state index contributed by atoms with van der Waals surface area (Å²) in [5.74, 6) is -1.93. The van der Waals surface area contributed by atoms with Crippen molar-refractivity contribution >= 4 is 44.9 Å². The van der Waals surface area contributed by atoms with Crippen LogP contribution in [0.25, 0.3) is 0 Å². The fourth-order valence-corrected chi connectivity index (χ4v) is 5.97. The Balaban J connectivity index is 1.41. The predicted molar refractivity (Wildman–Crippen MR) is 114 cm³/mol. The lowest BCUT2D eigenvalue weighted by molar-refractivity contribution is -0.134. The summed E-state index contributed by atoms with van der Waals surface area (Å²) in [4.78, 5) is 40.8. The van der Waals surface area contributed by atoms with Gasteiger partial charge in [-0.25, -0.2) is 17.8 Å². The molecule has 3 aliphatic rings. The molecule has 172 valence electrons. The highest BCUT2D eigenvalue weighted by molar-refractivity contribution is 7.91. The molecule has 1 unspecified atom stereocenters. The zero-order valence-corrected chi connectivity index (χ0v) is 18.7. The number of hydrogen-bond acceptors (Lipinski definition) is 6. The van der Waals surface area contributed by atoms with Gasteiger partial charge in [0, 0.05) is 44.0 Å². The fourth-order valence-electron chi connectivity index (χ4n) is 4.11. The number of benzene rings is 1. The molecule has 0 N–H and O–H groups in total. The van der Waals surface area contributed by atoms with Gasteiger partial charge in [-0.2, -0.15) is 5.10 Å². The second-order valence-corrected chi connectivity index (χ2v) is 10.7. The van der Waals surface area contributed by atoms with E-state index in [2.05, 4.69) is 5.10 Å². The van der Waals surface area contributed by atoms with Gasteiger partial charge in [0.25, 0.3) is 11.8 Å². The molecule has 3 amide bonds. The van der Waals surface area contributed by atoms with Gasteiger partial charge in [0.1, 0.15) is 11.5 Å². The summed E-state index contributed by atoms with van der Waals surface area (Å²) in [6.45, 7) is 0.899. The van der Waals surface area contributed by atoms with Gasteiger partial charge in [0.05, 0.1) is 23.1 Å². The summed E-state index contributed by atoms with van der Waals surface area (Å²) < 4.78 is 37.5. The molecule has 0 aliphatic carbocycles. The number of amides is 3. The molecule has 1 atom stereocenters. The van der Waals surface area contributed by atoms with Crippen LogP contribution in [0.15, 0.2) is 23.3 Å². The molecular formula is C20H22ClFN4O5S. The zero-order chi connectivity index (χ0) is 23.0. The molecule has 3 aliphatic heterocycles. The van der Waals surface area contributed by atoms with E-state index in [4.69, 9.17) is 11.6 Å². The van der Waals surface area contributed by atoms with Gasteiger partial charge in [-0.1, -0.05) is 11.6 Å². The first-order valence-electron chi connectivity index (χ1n) is 10.3. The van der Waals surface area contributed by atoms with Crippen molar-refractivity contribution in [3.8, 4) is 0 Å². The van der Waals surface area contributed by atoms with E-state index in [1.54, 1.807) is 0 Å². The molecule has 32 heavy (non-hydrogen) atoms. The Morgan fingerprint density at radius 2 is 1.72 bits per heavy atom. The third-order valence-electron chi connectivity index (χ3n) is 5.87. The summed E-state index contributed by atoms with van der Waals surface area (Å²) in [5.41, 5.74) is 0.0872. The molecule has 0 saturated carbocycles. The van der Waals surface area contributed by atoms with E-state index in [-0.39, 0.29) is 78.6 Å². The van der Waals surface area contributed by atoms with E-state index in [1.165, 1.54) is 21.9 Å². The number of piperazine rings is 1. The second kappa shape index (κ2) is 8.78.